The lowest BCUT2D eigenvalue weighted by molar-refractivity contribution is -0.138. The molecule has 0 saturated heterocycles. The second-order valence-electron chi connectivity index (χ2n) is 4.71. The van der Waals surface area contributed by atoms with Crippen LogP contribution in [0.1, 0.15) is 41.9 Å². The van der Waals surface area contributed by atoms with E-state index in [1.807, 2.05) is 24.4 Å². The Hall–Kier alpha value is -1.33. The van der Waals surface area contributed by atoms with E-state index in [4.69, 9.17) is 0 Å². The van der Waals surface area contributed by atoms with Gasteiger partial charge in [-0.25, -0.2) is 0 Å². The lowest BCUT2D eigenvalue weighted by Crippen LogP contribution is -2.24. The fraction of sp³-hybridized carbons (Fsp3) is 0.333. The van der Waals surface area contributed by atoms with Crippen molar-refractivity contribution in [3.63, 3.8) is 0 Å². The average Bonchev–Trinajstić information content (AvgIpc) is 2.91. The summed E-state index contributed by atoms with van der Waals surface area (Å²) in [5.41, 5.74) is -0.290. The molecule has 2 rings (SSSR count). The summed E-state index contributed by atoms with van der Waals surface area (Å²) >= 11 is 1.59. The Bertz CT molecular complexity index is 548. The van der Waals surface area contributed by atoms with E-state index in [-0.39, 0.29) is 17.6 Å². The third kappa shape index (κ3) is 3.41. The van der Waals surface area contributed by atoms with Crippen LogP contribution in [-0.4, -0.2) is 0 Å². The van der Waals surface area contributed by atoms with Crippen LogP contribution < -0.4 is 5.32 Å². The zero-order valence-electron chi connectivity index (χ0n) is 11.2. The highest BCUT2D eigenvalue weighted by molar-refractivity contribution is 7.10. The summed E-state index contributed by atoms with van der Waals surface area (Å²) < 4.78 is 39.0. The molecule has 108 valence electrons. The van der Waals surface area contributed by atoms with Gasteiger partial charge in [-0.1, -0.05) is 24.3 Å². The van der Waals surface area contributed by atoms with Gasteiger partial charge in [0.2, 0.25) is 0 Å². The van der Waals surface area contributed by atoms with Gasteiger partial charge in [-0.2, -0.15) is 13.2 Å². The molecule has 2 aromatic rings. The van der Waals surface area contributed by atoms with Crippen LogP contribution in [0.25, 0.3) is 0 Å². The number of hydrogen-bond acceptors (Lipinski definition) is 2. The average molecular weight is 299 g/mol. The lowest BCUT2D eigenvalue weighted by atomic mass is 10.0. The molecule has 0 spiro atoms. The number of rotatable bonds is 4. The molecule has 1 nitrogen and oxygen atoms in total. The molecule has 0 bridgehead atoms. The van der Waals surface area contributed by atoms with Gasteiger partial charge in [-0.05, 0) is 36.9 Å². The first-order valence-electron chi connectivity index (χ1n) is 6.35. The Morgan fingerprint density at radius 1 is 1.00 bits per heavy atom. The van der Waals surface area contributed by atoms with E-state index in [1.165, 1.54) is 12.1 Å². The molecule has 2 unspecified atom stereocenters. The van der Waals surface area contributed by atoms with Crippen LogP contribution in [0.4, 0.5) is 13.2 Å². The SMILES string of the molecule is CC(NC(C)c1ccccc1C(F)(F)F)c1cccs1. The smallest absolute Gasteiger partial charge is 0.303 e. The Morgan fingerprint density at radius 2 is 1.70 bits per heavy atom. The molecule has 1 aromatic heterocycles. The number of nitrogens with one attached hydrogen (secondary N) is 1. The summed E-state index contributed by atoms with van der Waals surface area (Å²) in [6.45, 7) is 3.72. The van der Waals surface area contributed by atoms with Gasteiger partial charge in [0.25, 0.3) is 0 Å². The van der Waals surface area contributed by atoms with Crippen molar-refractivity contribution in [1.29, 1.82) is 0 Å². The summed E-state index contributed by atoms with van der Waals surface area (Å²) in [7, 11) is 0. The first-order valence-corrected chi connectivity index (χ1v) is 7.23. The second-order valence-corrected chi connectivity index (χ2v) is 5.69. The van der Waals surface area contributed by atoms with Crippen LogP contribution in [0.15, 0.2) is 41.8 Å². The highest BCUT2D eigenvalue weighted by Crippen LogP contribution is 2.35. The minimum atomic E-state index is -4.32. The van der Waals surface area contributed by atoms with E-state index >= 15 is 0 Å². The van der Waals surface area contributed by atoms with Gasteiger partial charge < -0.3 is 5.32 Å². The quantitative estimate of drug-likeness (QED) is 0.820. The van der Waals surface area contributed by atoms with E-state index in [1.54, 1.807) is 24.3 Å². The Kier molecular flexibility index (Phi) is 4.50. The van der Waals surface area contributed by atoms with Crippen molar-refractivity contribution in [3.05, 3.63) is 57.8 Å². The van der Waals surface area contributed by atoms with Gasteiger partial charge in [0.05, 0.1) is 5.56 Å². The second kappa shape index (κ2) is 5.97. The van der Waals surface area contributed by atoms with Crippen LogP contribution in [0, 0.1) is 0 Å². The molecular weight excluding hydrogens is 283 g/mol. The van der Waals surface area contributed by atoms with Gasteiger partial charge in [0, 0.05) is 17.0 Å². The highest BCUT2D eigenvalue weighted by Gasteiger charge is 2.34. The first kappa shape index (κ1) is 15.1. The minimum Gasteiger partial charge on any atom is -0.303 e. The molecule has 0 amide bonds. The molecule has 5 heteroatoms. The van der Waals surface area contributed by atoms with Gasteiger partial charge >= 0.3 is 6.18 Å². The van der Waals surface area contributed by atoms with E-state index in [0.717, 1.165) is 10.9 Å². The summed E-state index contributed by atoms with van der Waals surface area (Å²) in [5, 5.41) is 5.18. The number of hydrogen-bond donors (Lipinski definition) is 1. The van der Waals surface area contributed by atoms with Crippen LogP contribution in [0.2, 0.25) is 0 Å². The standard InChI is InChI=1S/C15H16F3NS/c1-10(19-11(2)14-8-5-9-20-14)12-6-3-4-7-13(12)15(16,17)18/h3-11,19H,1-2H3. The van der Waals surface area contributed by atoms with Crippen LogP contribution in [0.5, 0.6) is 0 Å². The molecular formula is C15H16F3NS. The highest BCUT2D eigenvalue weighted by atomic mass is 32.1. The molecule has 0 aliphatic rings. The molecule has 20 heavy (non-hydrogen) atoms. The molecule has 1 N–H and O–H groups in total. The molecule has 1 aromatic carbocycles. The number of benzene rings is 1. The van der Waals surface area contributed by atoms with Crippen molar-refractivity contribution in [2.45, 2.75) is 32.1 Å². The maximum atomic E-state index is 13.0. The van der Waals surface area contributed by atoms with Crippen molar-refractivity contribution in [1.82, 2.24) is 5.32 Å². The number of halogens is 3. The van der Waals surface area contributed by atoms with E-state index in [9.17, 15) is 13.2 Å². The van der Waals surface area contributed by atoms with Crippen LogP contribution in [-0.2, 0) is 6.18 Å². The van der Waals surface area contributed by atoms with E-state index in [0.29, 0.717) is 0 Å². The van der Waals surface area contributed by atoms with Crippen LogP contribution in [0.3, 0.4) is 0 Å². The maximum Gasteiger partial charge on any atom is 0.416 e. The Labute approximate surface area is 120 Å². The molecule has 0 saturated carbocycles. The first-order chi connectivity index (χ1) is 9.39. The predicted molar refractivity (Wildman–Crippen MR) is 75.7 cm³/mol. The summed E-state index contributed by atoms with van der Waals surface area (Å²) in [6, 6.07) is 9.28. The molecule has 0 aliphatic heterocycles. The van der Waals surface area contributed by atoms with Crippen molar-refractivity contribution in [3.8, 4) is 0 Å². The zero-order chi connectivity index (χ0) is 14.8. The molecule has 1 heterocycles. The van der Waals surface area contributed by atoms with Crippen molar-refractivity contribution >= 4 is 11.3 Å². The molecule has 0 aliphatic carbocycles. The summed E-state index contributed by atoms with van der Waals surface area (Å²) in [4.78, 5) is 1.11. The van der Waals surface area contributed by atoms with Crippen molar-refractivity contribution < 1.29 is 13.2 Å². The largest absolute Gasteiger partial charge is 0.416 e. The van der Waals surface area contributed by atoms with E-state index < -0.39 is 11.7 Å². The summed E-state index contributed by atoms with van der Waals surface area (Å²) in [5.74, 6) is 0. The fourth-order valence-corrected chi connectivity index (χ4v) is 2.96. The van der Waals surface area contributed by atoms with Gasteiger partial charge in [-0.3, -0.25) is 0 Å². The third-order valence-electron chi connectivity index (χ3n) is 3.20. The topological polar surface area (TPSA) is 12.0 Å². The normalized spacial score (nSPS) is 15.1. The van der Waals surface area contributed by atoms with E-state index in [2.05, 4.69) is 5.32 Å². The Balaban J connectivity index is 2.19. The summed E-state index contributed by atoms with van der Waals surface area (Å²) in [6.07, 6.45) is -4.32. The molecule has 2 atom stereocenters. The van der Waals surface area contributed by atoms with Crippen molar-refractivity contribution in [2.75, 3.05) is 0 Å². The maximum absolute atomic E-state index is 13.0. The van der Waals surface area contributed by atoms with Gasteiger partial charge in [0.1, 0.15) is 0 Å². The molecule has 0 fully saturated rings. The van der Waals surface area contributed by atoms with Crippen LogP contribution >= 0.6 is 11.3 Å². The predicted octanol–water partition coefficient (Wildman–Crippen LogP) is 5.18. The minimum absolute atomic E-state index is 0.0197. The van der Waals surface area contributed by atoms with Gasteiger partial charge in [0.15, 0.2) is 0 Å². The lowest BCUT2D eigenvalue weighted by Gasteiger charge is -2.22. The monoisotopic (exact) mass is 299 g/mol. The Morgan fingerprint density at radius 3 is 2.30 bits per heavy atom. The number of thiophene rings is 1. The fourth-order valence-electron chi connectivity index (χ4n) is 2.22. The number of alkyl halides is 3. The zero-order valence-corrected chi connectivity index (χ0v) is 12.1. The van der Waals surface area contributed by atoms with Gasteiger partial charge in [-0.15, -0.1) is 11.3 Å². The third-order valence-corrected chi connectivity index (χ3v) is 4.26. The van der Waals surface area contributed by atoms with Crippen molar-refractivity contribution in [2.24, 2.45) is 0 Å². The molecule has 0 radical (unpaired) electrons.